The number of carbonyl (C=O) groups is 1. The van der Waals surface area contributed by atoms with Crippen LogP contribution in [0.2, 0.25) is 0 Å². The van der Waals surface area contributed by atoms with E-state index >= 15 is 0 Å². The first-order valence-electron chi connectivity index (χ1n) is 9.50. The monoisotopic (exact) mass is 354 g/mol. The Kier molecular flexibility index (Phi) is 4.76. The standard InChI is InChI=1S/C20H26N4O2/c1-14(2)19-9-18(22-26-19)20(25)24-11-15-6-7-17(24)13-23(10-15)12-16-5-3-4-8-21-16/h3-5,8-9,14-15,17H,6-7,10-13H2,1-2H3/t15-,17+/m0/s1. The Morgan fingerprint density at radius 3 is 2.88 bits per heavy atom. The third kappa shape index (κ3) is 3.51. The number of pyridine rings is 1. The Balaban J connectivity index is 1.48. The number of amides is 1. The fraction of sp³-hybridized carbons (Fsp3) is 0.550. The maximum atomic E-state index is 13.0. The molecule has 26 heavy (non-hydrogen) atoms. The van der Waals surface area contributed by atoms with Gasteiger partial charge in [0.05, 0.1) is 5.69 Å². The molecule has 1 amide bonds. The third-order valence-corrected chi connectivity index (χ3v) is 5.48. The summed E-state index contributed by atoms with van der Waals surface area (Å²) in [6, 6.07) is 8.08. The Hall–Kier alpha value is -2.21. The summed E-state index contributed by atoms with van der Waals surface area (Å²) in [6.45, 7) is 7.65. The van der Waals surface area contributed by atoms with Crippen molar-refractivity contribution in [1.29, 1.82) is 0 Å². The zero-order chi connectivity index (χ0) is 18.1. The summed E-state index contributed by atoms with van der Waals surface area (Å²) in [6.07, 6.45) is 4.09. The third-order valence-electron chi connectivity index (χ3n) is 5.48. The number of piperidine rings is 1. The maximum absolute atomic E-state index is 13.0. The molecule has 0 aromatic carbocycles. The number of rotatable bonds is 4. The second-order valence-corrected chi connectivity index (χ2v) is 7.84. The minimum Gasteiger partial charge on any atom is -0.360 e. The summed E-state index contributed by atoms with van der Waals surface area (Å²) in [5.41, 5.74) is 1.53. The molecule has 0 saturated carbocycles. The molecule has 138 valence electrons. The zero-order valence-corrected chi connectivity index (χ0v) is 15.5. The number of aromatic nitrogens is 2. The SMILES string of the molecule is CC(C)c1cc(C(=O)N2C[C@H]3CC[C@@H]2CN(Cc2ccccn2)C3)no1. The highest BCUT2D eigenvalue weighted by molar-refractivity contribution is 5.92. The lowest BCUT2D eigenvalue weighted by Crippen LogP contribution is -2.47. The predicted molar refractivity (Wildman–Crippen MR) is 97.7 cm³/mol. The van der Waals surface area contributed by atoms with Crippen LogP contribution in [0.25, 0.3) is 0 Å². The molecule has 5 heterocycles. The largest absolute Gasteiger partial charge is 0.360 e. The van der Waals surface area contributed by atoms with Crippen molar-refractivity contribution in [1.82, 2.24) is 19.9 Å². The fourth-order valence-corrected chi connectivity index (χ4v) is 4.09. The van der Waals surface area contributed by atoms with Gasteiger partial charge in [0, 0.05) is 50.4 Å². The molecule has 0 N–H and O–H groups in total. The van der Waals surface area contributed by atoms with Crippen LogP contribution in [-0.2, 0) is 6.54 Å². The Morgan fingerprint density at radius 1 is 1.27 bits per heavy atom. The maximum Gasteiger partial charge on any atom is 0.276 e. The van der Waals surface area contributed by atoms with Gasteiger partial charge in [0.25, 0.3) is 5.91 Å². The molecule has 0 spiro atoms. The first-order valence-corrected chi connectivity index (χ1v) is 9.50. The average molecular weight is 354 g/mol. The molecule has 2 atom stereocenters. The molecule has 0 unspecified atom stereocenters. The number of hydrogen-bond donors (Lipinski definition) is 0. The number of fused-ring (bicyclic) bond motifs is 4. The molecule has 3 fully saturated rings. The second kappa shape index (κ2) is 7.19. The van der Waals surface area contributed by atoms with E-state index in [1.54, 1.807) is 6.07 Å². The molecule has 5 rings (SSSR count). The van der Waals surface area contributed by atoms with Crippen molar-refractivity contribution < 1.29 is 9.32 Å². The molecule has 3 saturated heterocycles. The van der Waals surface area contributed by atoms with E-state index in [2.05, 4.69) is 21.1 Å². The normalized spacial score (nSPS) is 23.4. The lowest BCUT2D eigenvalue weighted by molar-refractivity contribution is 0.0574. The van der Waals surface area contributed by atoms with Crippen LogP contribution in [0.4, 0.5) is 0 Å². The van der Waals surface area contributed by atoms with Gasteiger partial charge in [-0.1, -0.05) is 25.1 Å². The lowest BCUT2D eigenvalue weighted by atomic mass is 9.94. The molecular formula is C20H26N4O2. The van der Waals surface area contributed by atoms with Crippen molar-refractivity contribution in [3.05, 3.63) is 47.6 Å². The van der Waals surface area contributed by atoms with E-state index in [1.165, 1.54) is 6.42 Å². The summed E-state index contributed by atoms with van der Waals surface area (Å²) < 4.78 is 5.33. The molecule has 2 aromatic heterocycles. The summed E-state index contributed by atoms with van der Waals surface area (Å²) >= 11 is 0. The van der Waals surface area contributed by atoms with Gasteiger partial charge in [-0.3, -0.25) is 14.7 Å². The van der Waals surface area contributed by atoms with E-state index in [-0.39, 0.29) is 17.9 Å². The minimum atomic E-state index is 0.00929. The quantitative estimate of drug-likeness (QED) is 0.845. The number of carbonyl (C=O) groups excluding carboxylic acids is 1. The summed E-state index contributed by atoms with van der Waals surface area (Å²) in [5.74, 6) is 1.52. The zero-order valence-electron chi connectivity index (χ0n) is 15.5. The highest BCUT2D eigenvalue weighted by Crippen LogP contribution is 2.30. The van der Waals surface area contributed by atoms with E-state index in [9.17, 15) is 4.79 Å². The highest BCUT2D eigenvalue weighted by atomic mass is 16.5. The smallest absolute Gasteiger partial charge is 0.276 e. The lowest BCUT2D eigenvalue weighted by Gasteiger charge is -2.35. The van der Waals surface area contributed by atoms with Gasteiger partial charge < -0.3 is 9.42 Å². The molecule has 3 aliphatic rings. The number of nitrogens with zero attached hydrogens (tertiary/aromatic N) is 4. The van der Waals surface area contributed by atoms with Crippen molar-refractivity contribution >= 4 is 5.91 Å². The second-order valence-electron chi connectivity index (χ2n) is 7.84. The van der Waals surface area contributed by atoms with Gasteiger partial charge in [-0.2, -0.15) is 0 Å². The van der Waals surface area contributed by atoms with E-state index in [0.29, 0.717) is 11.6 Å². The van der Waals surface area contributed by atoms with Crippen LogP contribution in [0.15, 0.2) is 35.0 Å². The predicted octanol–water partition coefficient (Wildman–Crippen LogP) is 2.93. The first kappa shape index (κ1) is 17.2. The highest BCUT2D eigenvalue weighted by Gasteiger charge is 2.38. The van der Waals surface area contributed by atoms with Gasteiger partial charge in [-0.05, 0) is 30.9 Å². The van der Waals surface area contributed by atoms with Crippen LogP contribution in [0, 0.1) is 5.92 Å². The van der Waals surface area contributed by atoms with Crippen LogP contribution in [0.3, 0.4) is 0 Å². The van der Waals surface area contributed by atoms with Gasteiger partial charge in [-0.25, -0.2) is 0 Å². The van der Waals surface area contributed by atoms with Crippen LogP contribution in [-0.4, -0.2) is 51.5 Å². The van der Waals surface area contributed by atoms with E-state index < -0.39 is 0 Å². The van der Waals surface area contributed by atoms with E-state index in [1.807, 2.05) is 37.1 Å². The van der Waals surface area contributed by atoms with Gasteiger partial charge in [0.2, 0.25) is 0 Å². The molecule has 0 radical (unpaired) electrons. The first-order chi connectivity index (χ1) is 12.6. The summed E-state index contributed by atoms with van der Waals surface area (Å²) in [4.78, 5) is 21.9. The summed E-state index contributed by atoms with van der Waals surface area (Å²) in [5, 5.41) is 4.02. The van der Waals surface area contributed by atoms with Crippen LogP contribution in [0.1, 0.15) is 54.5 Å². The van der Waals surface area contributed by atoms with E-state index in [0.717, 1.165) is 44.1 Å². The summed E-state index contributed by atoms with van der Waals surface area (Å²) in [7, 11) is 0. The van der Waals surface area contributed by atoms with Crippen molar-refractivity contribution in [2.45, 2.75) is 45.2 Å². The molecule has 6 heteroatoms. The molecule has 2 bridgehead atoms. The average Bonchev–Trinajstić information content (AvgIpc) is 2.98. The van der Waals surface area contributed by atoms with Crippen molar-refractivity contribution in [2.75, 3.05) is 19.6 Å². The Morgan fingerprint density at radius 2 is 2.15 bits per heavy atom. The Bertz CT molecular complexity index is 758. The van der Waals surface area contributed by atoms with Gasteiger partial charge >= 0.3 is 0 Å². The van der Waals surface area contributed by atoms with Crippen LogP contribution in [0.5, 0.6) is 0 Å². The topological polar surface area (TPSA) is 62.5 Å². The van der Waals surface area contributed by atoms with Gasteiger partial charge in [0.1, 0.15) is 5.76 Å². The van der Waals surface area contributed by atoms with Crippen LogP contribution >= 0.6 is 0 Å². The van der Waals surface area contributed by atoms with Crippen molar-refractivity contribution in [2.24, 2.45) is 5.92 Å². The van der Waals surface area contributed by atoms with Crippen molar-refractivity contribution in [3.63, 3.8) is 0 Å². The van der Waals surface area contributed by atoms with Crippen molar-refractivity contribution in [3.8, 4) is 0 Å². The fourth-order valence-electron chi connectivity index (χ4n) is 4.09. The van der Waals surface area contributed by atoms with Crippen LogP contribution < -0.4 is 0 Å². The van der Waals surface area contributed by atoms with Gasteiger partial charge in [-0.15, -0.1) is 0 Å². The Labute approximate surface area is 154 Å². The molecular weight excluding hydrogens is 328 g/mol. The minimum absolute atomic E-state index is 0.00929. The molecule has 2 aromatic rings. The molecule has 6 nitrogen and oxygen atoms in total. The molecule has 0 aliphatic carbocycles. The van der Waals surface area contributed by atoms with E-state index in [4.69, 9.17) is 4.52 Å². The molecule has 3 aliphatic heterocycles. The van der Waals surface area contributed by atoms with Gasteiger partial charge in [0.15, 0.2) is 5.69 Å². The number of hydrogen-bond acceptors (Lipinski definition) is 5.